The maximum absolute atomic E-state index is 12.4. The summed E-state index contributed by atoms with van der Waals surface area (Å²) in [7, 11) is 0. The summed E-state index contributed by atoms with van der Waals surface area (Å²) in [5.74, 6) is 0.997. The fraction of sp³-hybridized carbons (Fsp3) is 0.594. The van der Waals surface area contributed by atoms with E-state index in [4.69, 9.17) is 5.11 Å². The fourth-order valence-electron chi connectivity index (χ4n) is 6.18. The van der Waals surface area contributed by atoms with Crippen molar-refractivity contribution in [1.29, 1.82) is 0 Å². The summed E-state index contributed by atoms with van der Waals surface area (Å²) in [5.41, 5.74) is 1.77. The van der Waals surface area contributed by atoms with E-state index in [0.717, 1.165) is 23.4 Å². The van der Waals surface area contributed by atoms with Gasteiger partial charge in [0, 0.05) is 36.0 Å². The van der Waals surface area contributed by atoms with Gasteiger partial charge in [0.05, 0.1) is 12.6 Å². The van der Waals surface area contributed by atoms with Crippen LogP contribution in [0.25, 0.3) is 10.9 Å². The number of piperidine rings is 1. The third kappa shape index (κ3) is 8.43. The van der Waals surface area contributed by atoms with Crippen molar-refractivity contribution in [3.8, 4) is 0 Å². The molecule has 1 aromatic carbocycles. The number of aromatic amines is 1. The Bertz CT molecular complexity index is 1270. The Labute approximate surface area is 253 Å². The number of ketones is 1. The van der Waals surface area contributed by atoms with Crippen LogP contribution in [0.2, 0.25) is 0 Å². The van der Waals surface area contributed by atoms with Crippen molar-refractivity contribution >= 4 is 40.8 Å². The van der Waals surface area contributed by atoms with Crippen molar-refractivity contribution in [2.45, 2.75) is 66.5 Å². The molecule has 43 heavy (non-hydrogen) atoms. The van der Waals surface area contributed by atoms with Gasteiger partial charge in [-0.3, -0.25) is 24.0 Å². The van der Waals surface area contributed by atoms with Gasteiger partial charge in [0.15, 0.2) is 5.78 Å². The van der Waals surface area contributed by atoms with Crippen molar-refractivity contribution in [1.82, 2.24) is 25.8 Å². The van der Waals surface area contributed by atoms with Crippen molar-refractivity contribution in [2.24, 2.45) is 29.1 Å². The summed E-state index contributed by atoms with van der Waals surface area (Å²) in [6.07, 6.45) is 1.32. The van der Waals surface area contributed by atoms with Gasteiger partial charge in [0.2, 0.25) is 18.2 Å². The minimum Gasteiger partial charge on any atom is -0.389 e. The number of nitrogens with one attached hydrogen (secondary N) is 4. The smallest absolute Gasteiger partial charge is 0.268 e. The van der Waals surface area contributed by atoms with E-state index in [9.17, 15) is 24.0 Å². The molecule has 2 saturated heterocycles. The Kier molecular flexibility index (Phi) is 11.5. The molecular weight excluding hydrogens is 550 g/mol. The number of fused-ring (bicyclic) bond motifs is 2. The van der Waals surface area contributed by atoms with Crippen LogP contribution in [0.3, 0.4) is 0 Å². The number of Topliss-reactive ketones (excluding diaryl/α,β-unsaturated/α-hetero) is 1. The minimum absolute atomic E-state index is 0.00922. The molecule has 0 radical (unpaired) electrons. The van der Waals surface area contributed by atoms with Gasteiger partial charge < -0.3 is 30.9 Å². The first kappa shape index (κ1) is 33.8. The van der Waals surface area contributed by atoms with Crippen LogP contribution in [0.1, 0.15) is 64.9 Å². The van der Waals surface area contributed by atoms with E-state index < -0.39 is 18.4 Å². The lowest BCUT2D eigenvalue weighted by atomic mass is 9.96. The third-order valence-electron chi connectivity index (χ3n) is 8.54. The summed E-state index contributed by atoms with van der Waals surface area (Å²) in [6.45, 7) is 14.0. The number of carbonyl (C=O) groups is 5. The zero-order valence-electron chi connectivity index (χ0n) is 26.1. The predicted molar refractivity (Wildman–Crippen MR) is 164 cm³/mol. The first-order chi connectivity index (χ1) is 20.3. The van der Waals surface area contributed by atoms with E-state index in [0.29, 0.717) is 42.3 Å². The monoisotopic (exact) mass is 597 g/mol. The standard InChI is InChI=1S/C19H23N3O2.C9H14N2O4.C4H10/c1-11-17-13(19(17,2)3)10-22(11)16(23)9-20-18(24)15-8-12-6-4-5-7-14(12)21-15;12-4-8(14)7(11-5-13)3-6-1-2-10-9(6)15;1-4(2)3/h4-8,11,13,17,21H,9-10H2,1-3H3,(H,20,24);5-7,12H,1-4H2,(H,10,15)(H,11,13);4H,1-3H3/t11-,13+,17?;;/m1../s1. The van der Waals surface area contributed by atoms with Crippen LogP contribution < -0.4 is 16.0 Å². The fourth-order valence-corrected chi connectivity index (χ4v) is 6.18. The van der Waals surface area contributed by atoms with Crippen molar-refractivity contribution in [3.05, 3.63) is 36.0 Å². The molecule has 5 rings (SSSR count). The lowest BCUT2D eigenvalue weighted by molar-refractivity contribution is -0.132. The van der Waals surface area contributed by atoms with Crippen LogP contribution in [0, 0.1) is 29.1 Å². The molecule has 0 spiro atoms. The Morgan fingerprint density at radius 3 is 2.40 bits per heavy atom. The largest absolute Gasteiger partial charge is 0.389 e. The highest BCUT2D eigenvalue weighted by atomic mass is 16.3. The van der Waals surface area contributed by atoms with E-state index >= 15 is 0 Å². The van der Waals surface area contributed by atoms with E-state index in [1.54, 1.807) is 0 Å². The predicted octanol–water partition coefficient (Wildman–Crippen LogP) is 2.25. The van der Waals surface area contributed by atoms with Crippen molar-refractivity contribution in [3.63, 3.8) is 0 Å². The highest BCUT2D eigenvalue weighted by Crippen LogP contribution is 2.64. The van der Waals surface area contributed by atoms with E-state index in [1.165, 1.54) is 0 Å². The van der Waals surface area contributed by atoms with Gasteiger partial charge in [0.25, 0.3) is 5.91 Å². The van der Waals surface area contributed by atoms with Gasteiger partial charge in [-0.05, 0) is 55.1 Å². The number of nitrogens with zero attached hydrogens (tertiary/aromatic N) is 1. The molecule has 0 bridgehead atoms. The lowest BCUT2D eigenvalue weighted by Crippen LogP contribution is -2.44. The number of aromatic nitrogens is 1. The molecule has 3 heterocycles. The van der Waals surface area contributed by atoms with Gasteiger partial charge in [-0.1, -0.05) is 52.8 Å². The van der Waals surface area contributed by atoms with Crippen LogP contribution in [-0.2, 0) is 19.2 Å². The molecule has 5 atom stereocenters. The number of aliphatic hydroxyl groups is 1. The second-order valence-electron chi connectivity index (χ2n) is 12.9. The highest BCUT2D eigenvalue weighted by molar-refractivity contribution is 5.99. The van der Waals surface area contributed by atoms with Crippen molar-refractivity contribution in [2.75, 3.05) is 26.2 Å². The number of carbonyl (C=O) groups excluding carboxylic acids is 5. The van der Waals surface area contributed by atoms with Gasteiger partial charge in [-0.2, -0.15) is 0 Å². The first-order valence-electron chi connectivity index (χ1n) is 15.1. The Morgan fingerprint density at radius 1 is 1.19 bits per heavy atom. The number of para-hydroxylation sites is 1. The number of likely N-dealkylation sites (tertiary alicyclic amines) is 1. The van der Waals surface area contributed by atoms with E-state index in [-0.39, 0.29) is 42.6 Å². The molecule has 4 amide bonds. The Balaban J connectivity index is 0.000000229. The number of H-pyrrole nitrogens is 1. The van der Waals surface area contributed by atoms with Crippen LogP contribution in [0.4, 0.5) is 0 Å². The number of hydrogen-bond donors (Lipinski definition) is 5. The average molecular weight is 598 g/mol. The molecule has 3 unspecified atom stereocenters. The third-order valence-corrected chi connectivity index (χ3v) is 8.54. The van der Waals surface area contributed by atoms with Gasteiger partial charge in [0.1, 0.15) is 12.3 Å². The van der Waals surface area contributed by atoms with Crippen LogP contribution in [0.5, 0.6) is 0 Å². The topological polar surface area (TPSA) is 161 Å². The van der Waals surface area contributed by atoms with E-state index in [1.807, 2.05) is 35.2 Å². The van der Waals surface area contributed by atoms with Gasteiger partial charge in [-0.25, -0.2) is 0 Å². The SMILES string of the molecule is CC(C)C.C[C@@H]1C2[C@H](CN1C(=O)CNC(=O)c1cc3ccccc3[nH]1)C2(C)C.O=CNC(CC1CCNC1=O)C(=O)CO. The summed E-state index contributed by atoms with van der Waals surface area (Å²) < 4.78 is 0. The first-order valence-corrected chi connectivity index (χ1v) is 15.1. The number of rotatable bonds is 9. The van der Waals surface area contributed by atoms with Crippen LogP contribution in [-0.4, -0.2) is 83.2 Å². The quantitative estimate of drug-likeness (QED) is 0.279. The Morgan fingerprint density at radius 2 is 1.86 bits per heavy atom. The molecule has 3 aliphatic rings. The number of benzene rings is 1. The summed E-state index contributed by atoms with van der Waals surface area (Å²) in [5, 5.41) is 17.4. The molecule has 1 aliphatic carbocycles. The number of hydrogen-bond acceptors (Lipinski definition) is 6. The van der Waals surface area contributed by atoms with Gasteiger partial charge in [-0.15, -0.1) is 0 Å². The summed E-state index contributed by atoms with van der Waals surface area (Å²) in [4.78, 5) is 62.4. The number of aliphatic hydroxyl groups excluding tert-OH is 1. The minimum atomic E-state index is -0.763. The van der Waals surface area contributed by atoms with Gasteiger partial charge >= 0.3 is 0 Å². The molecule has 236 valence electrons. The second-order valence-corrected chi connectivity index (χ2v) is 12.9. The molecule has 11 heteroatoms. The van der Waals surface area contributed by atoms with Crippen molar-refractivity contribution < 1.29 is 29.1 Å². The van der Waals surface area contributed by atoms with E-state index in [2.05, 4.69) is 62.5 Å². The van der Waals surface area contributed by atoms with Crippen LogP contribution in [0.15, 0.2) is 30.3 Å². The van der Waals surface area contributed by atoms with Crippen LogP contribution >= 0.6 is 0 Å². The zero-order chi connectivity index (χ0) is 31.9. The Hall–Kier alpha value is -3.73. The molecular formula is C32H47N5O6. The molecule has 11 nitrogen and oxygen atoms in total. The normalized spacial score (nSPS) is 23.6. The zero-order valence-corrected chi connectivity index (χ0v) is 26.1. The highest BCUT2D eigenvalue weighted by Gasteiger charge is 2.66. The maximum atomic E-state index is 12.4. The molecule has 1 aromatic heterocycles. The molecule has 2 aromatic rings. The maximum Gasteiger partial charge on any atom is 0.268 e. The average Bonchev–Trinajstić information content (AvgIpc) is 3.43. The molecule has 5 N–H and O–H groups in total. The number of amides is 4. The molecule has 1 saturated carbocycles. The molecule has 3 fully saturated rings. The summed E-state index contributed by atoms with van der Waals surface area (Å²) in [6, 6.07) is 9.05. The second kappa shape index (κ2) is 14.6. The lowest BCUT2D eigenvalue weighted by Gasteiger charge is -2.28. The summed E-state index contributed by atoms with van der Waals surface area (Å²) >= 11 is 0. The molecule has 2 aliphatic heterocycles.